The van der Waals surface area contributed by atoms with Crippen LogP contribution >= 0.6 is 11.8 Å². The van der Waals surface area contributed by atoms with Gasteiger partial charge in [0, 0.05) is 25.5 Å². The summed E-state index contributed by atoms with van der Waals surface area (Å²) in [6.07, 6.45) is 4.10. The van der Waals surface area contributed by atoms with Crippen LogP contribution in [0.1, 0.15) is 21.5 Å². The molecule has 0 unspecified atom stereocenters. The van der Waals surface area contributed by atoms with Crippen LogP contribution in [-0.4, -0.2) is 46.2 Å². The summed E-state index contributed by atoms with van der Waals surface area (Å²) in [6.45, 7) is 1.19. The molecule has 1 aromatic heterocycles. The largest absolute Gasteiger partial charge is 0.465 e. The van der Waals surface area contributed by atoms with Crippen molar-refractivity contribution in [2.75, 3.05) is 19.4 Å². The topological polar surface area (TPSA) is 72.4 Å². The molecular weight excluding hydrogens is 326 g/mol. The summed E-state index contributed by atoms with van der Waals surface area (Å²) in [5.74, 6) is -0.0182. The number of rotatable bonds is 4. The zero-order valence-electron chi connectivity index (χ0n) is 13.3. The Labute approximate surface area is 144 Å². The lowest BCUT2D eigenvalue weighted by Crippen LogP contribution is -2.37. The number of esters is 1. The molecule has 24 heavy (non-hydrogen) atoms. The molecule has 0 fully saturated rings. The van der Waals surface area contributed by atoms with Crippen molar-refractivity contribution in [1.29, 1.82) is 0 Å². The number of ether oxygens (including phenoxy) is 1. The van der Waals surface area contributed by atoms with Crippen molar-refractivity contribution < 1.29 is 14.3 Å². The molecule has 1 aliphatic rings. The van der Waals surface area contributed by atoms with Gasteiger partial charge < -0.3 is 9.64 Å². The molecule has 6 nitrogen and oxygen atoms in total. The molecule has 124 valence electrons. The van der Waals surface area contributed by atoms with Crippen LogP contribution in [0.3, 0.4) is 0 Å². The average Bonchev–Trinajstić information content (AvgIpc) is 2.65. The molecule has 7 heteroatoms. The lowest BCUT2D eigenvalue weighted by atomic mass is 9.97. The first-order chi connectivity index (χ1) is 11.7. The Morgan fingerprint density at radius 2 is 2.04 bits per heavy atom. The third-order valence-electron chi connectivity index (χ3n) is 3.86. The third-order valence-corrected chi connectivity index (χ3v) is 4.72. The van der Waals surface area contributed by atoms with Gasteiger partial charge in [0.1, 0.15) is 0 Å². The fraction of sp³-hybridized carbons (Fsp3) is 0.294. The second-order valence-corrected chi connectivity index (χ2v) is 6.30. The summed E-state index contributed by atoms with van der Waals surface area (Å²) >= 11 is 1.33. The van der Waals surface area contributed by atoms with E-state index in [9.17, 15) is 9.59 Å². The number of fused-ring (bicyclic) bond motifs is 1. The van der Waals surface area contributed by atoms with Gasteiger partial charge in [0.15, 0.2) is 5.16 Å². The van der Waals surface area contributed by atoms with Gasteiger partial charge in [-0.3, -0.25) is 4.79 Å². The van der Waals surface area contributed by atoms with E-state index in [4.69, 9.17) is 4.74 Å². The van der Waals surface area contributed by atoms with Gasteiger partial charge in [-0.05, 0) is 35.7 Å². The highest BCUT2D eigenvalue weighted by Crippen LogP contribution is 2.22. The number of hydrogen-bond acceptors (Lipinski definition) is 6. The number of carbonyl (C=O) groups is 2. The smallest absolute Gasteiger partial charge is 0.337 e. The highest BCUT2D eigenvalue weighted by atomic mass is 32.2. The lowest BCUT2D eigenvalue weighted by molar-refractivity contribution is -0.129. The summed E-state index contributed by atoms with van der Waals surface area (Å²) in [7, 11) is 1.36. The molecule has 3 rings (SSSR count). The highest BCUT2D eigenvalue weighted by Gasteiger charge is 2.22. The molecule has 0 saturated heterocycles. The van der Waals surface area contributed by atoms with Crippen LogP contribution < -0.4 is 0 Å². The molecule has 2 heterocycles. The summed E-state index contributed by atoms with van der Waals surface area (Å²) in [5, 5.41) is 0.594. The molecule has 2 aromatic rings. The van der Waals surface area contributed by atoms with Crippen LogP contribution in [0.25, 0.3) is 0 Å². The maximum Gasteiger partial charge on any atom is 0.337 e. The molecular formula is C17H17N3O3S. The lowest BCUT2D eigenvalue weighted by Gasteiger charge is -2.29. The van der Waals surface area contributed by atoms with E-state index in [2.05, 4.69) is 9.97 Å². The number of nitrogens with zero attached hydrogens (tertiary/aromatic N) is 3. The molecule has 0 saturated carbocycles. The Hall–Kier alpha value is -2.41. The summed E-state index contributed by atoms with van der Waals surface area (Å²) in [5.41, 5.74) is 2.68. The molecule has 1 amide bonds. The first-order valence-corrected chi connectivity index (χ1v) is 8.53. The Morgan fingerprint density at radius 1 is 1.25 bits per heavy atom. The van der Waals surface area contributed by atoms with Gasteiger partial charge in [-0.15, -0.1) is 0 Å². The summed E-state index contributed by atoms with van der Waals surface area (Å²) in [6, 6.07) is 7.26. The zero-order chi connectivity index (χ0) is 16.9. The number of amides is 1. The summed E-state index contributed by atoms with van der Waals surface area (Å²) in [4.78, 5) is 34.1. The predicted octanol–water partition coefficient (Wildman–Crippen LogP) is 1.94. The summed E-state index contributed by atoms with van der Waals surface area (Å²) < 4.78 is 4.75. The number of methoxy groups -OCH3 is 1. The van der Waals surface area contributed by atoms with Crippen LogP contribution in [0.15, 0.2) is 41.8 Å². The number of carbonyl (C=O) groups excluding carboxylic acids is 2. The fourth-order valence-corrected chi connectivity index (χ4v) is 3.30. The average molecular weight is 343 g/mol. The number of aromatic nitrogens is 2. The SMILES string of the molecule is COC(=O)c1ccc2c(c1)CN(C(=O)CSc1ncccn1)CC2. The van der Waals surface area contributed by atoms with Crippen molar-refractivity contribution >= 4 is 23.6 Å². The quantitative estimate of drug-likeness (QED) is 0.480. The molecule has 0 aliphatic carbocycles. The van der Waals surface area contributed by atoms with Gasteiger partial charge in [-0.2, -0.15) is 0 Å². The Balaban J connectivity index is 1.65. The van der Waals surface area contributed by atoms with Gasteiger partial charge >= 0.3 is 5.97 Å². The van der Waals surface area contributed by atoms with Crippen molar-refractivity contribution in [3.05, 3.63) is 53.3 Å². The van der Waals surface area contributed by atoms with Crippen molar-refractivity contribution in [2.45, 2.75) is 18.1 Å². The van der Waals surface area contributed by atoms with Crippen molar-refractivity contribution in [3.63, 3.8) is 0 Å². The zero-order valence-corrected chi connectivity index (χ0v) is 14.1. The van der Waals surface area contributed by atoms with E-state index >= 15 is 0 Å². The van der Waals surface area contributed by atoms with Crippen LogP contribution in [0.2, 0.25) is 0 Å². The molecule has 0 atom stereocenters. The van der Waals surface area contributed by atoms with Crippen molar-refractivity contribution in [1.82, 2.24) is 14.9 Å². The van der Waals surface area contributed by atoms with Gasteiger partial charge in [-0.25, -0.2) is 14.8 Å². The maximum absolute atomic E-state index is 12.4. The minimum Gasteiger partial charge on any atom is -0.465 e. The van der Waals surface area contributed by atoms with Crippen molar-refractivity contribution in [3.8, 4) is 0 Å². The van der Waals surface area contributed by atoms with Gasteiger partial charge in [0.25, 0.3) is 0 Å². The van der Waals surface area contributed by atoms with Crippen LogP contribution in [0.5, 0.6) is 0 Å². The number of thioether (sulfide) groups is 1. The van der Waals surface area contributed by atoms with Crippen LogP contribution in [0, 0.1) is 0 Å². The first kappa shape index (κ1) is 16.4. The standard InChI is InChI=1S/C17H17N3O3S/c1-23-16(22)13-4-3-12-5-8-20(10-14(12)9-13)15(21)11-24-17-18-6-2-7-19-17/h2-4,6-7,9H,5,8,10-11H2,1H3. The van der Waals surface area contributed by atoms with E-state index in [-0.39, 0.29) is 11.9 Å². The Kier molecular flexibility index (Phi) is 5.10. The third kappa shape index (κ3) is 3.73. The molecule has 0 bridgehead atoms. The molecule has 0 N–H and O–H groups in total. The molecule has 0 radical (unpaired) electrons. The molecule has 1 aliphatic heterocycles. The van der Waals surface area contributed by atoms with E-state index in [0.29, 0.717) is 29.6 Å². The fourth-order valence-electron chi connectivity index (χ4n) is 2.59. The van der Waals surface area contributed by atoms with Gasteiger partial charge in [-0.1, -0.05) is 17.8 Å². The first-order valence-electron chi connectivity index (χ1n) is 7.55. The Bertz CT molecular complexity index is 752. The van der Waals surface area contributed by atoms with E-state index in [1.165, 1.54) is 24.4 Å². The minimum atomic E-state index is -0.363. The van der Waals surface area contributed by atoms with Gasteiger partial charge in [0.05, 0.1) is 18.4 Å². The van der Waals surface area contributed by atoms with E-state index in [0.717, 1.165) is 12.0 Å². The number of benzene rings is 1. The highest BCUT2D eigenvalue weighted by molar-refractivity contribution is 7.99. The van der Waals surface area contributed by atoms with Crippen molar-refractivity contribution in [2.24, 2.45) is 0 Å². The molecule has 0 spiro atoms. The second-order valence-electron chi connectivity index (χ2n) is 5.36. The minimum absolute atomic E-state index is 0.0431. The van der Waals surface area contributed by atoms with E-state index in [1.807, 2.05) is 12.1 Å². The predicted molar refractivity (Wildman–Crippen MR) is 89.7 cm³/mol. The van der Waals surface area contributed by atoms with E-state index in [1.54, 1.807) is 29.4 Å². The monoisotopic (exact) mass is 343 g/mol. The normalized spacial score (nSPS) is 13.3. The van der Waals surface area contributed by atoms with Crippen LogP contribution in [-0.2, 0) is 22.5 Å². The number of hydrogen-bond donors (Lipinski definition) is 0. The molecule has 1 aromatic carbocycles. The maximum atomic E-state index is 12.4. The van der Waals surface area contributed by atoms with Crippen LogP contribution in [0.4, 0.5) is 0 Å². The second kappa shape index (κ2) is 7.44. The van der Waals surface area contributed by atoms with E-state index < -0.39 is 0 Å². The Morgan fingerprint density at radius 3 is 2.79 bits per heavy atom. The van der Waals surface area contributed by atoms with Gasteiger partial charge in [0.2, 0.25) is 5.91 Å².